The van der Waals surface area contributed by atoms with Gasteiger partial charge < -0.3 is 0 Å². The Hall–Kier alpha value is -1.73. The van der Waals surface area contributed by atoms with E-state index in [-0.39, 0.29) is 10.8 Å². The molecular formula is C21H31N3O3S. The van der Waals surface area contributed by atoms with E-state index in [1.165, 1.54) is 16.8 Å². The zero-order chi connectivity index (χ0) is 20.3. The van der Waals surface area contributed by atoms with Gasteiger partial charge in [0.2, 0.25) is 10.0 Å². The van der Waals surface area contributed by atoms with E-state index in [4.69, 9.17) is 0 Å². The molecule has 28 heavy (non-hydrogen) atoms. The van der Waals surface area contributed by atoms with Gasteiger partial charge in [0.05, 0.1) is 4.90 Å². The van der Waals surface area contributed by atoms with Gasteiger partial charge in [0.15, 0.2) is 0 Å². The summed E-state index contributed by atoms with van der Waals surface area (Å²) in [6.45, 7) is 7.66. The lowest BCUT2D eigenvalue weighted by molar-refractivity contribution is 0.0954. The number of hydrogen-bond acceptors (Lipinski definition) is 4. The fourth-order valence-electron chi connectivity index (χ4n) is 4.15. The third kappa shape index (κ3) is 4.63. The second-order valence-electron chi connectivity index (χ2n) is 8.42. The molecule has 7 heteroatoms. The molecule has 1 aliphatic heterocycles. The molecule has 1 aromatic rings. The van der Waals surface area contributed by atoms with Crippen molar-refractivity contribution in [2.75, 3.05) is 13.1 Å². The number of sulfonamides is 1. The lowest BCUT2D eigenvalue weighted by Crippen LogP contribution is -2.31. The molecule has 2 aliphatic rings. The molecule has 0 aromatic heterocycles. The zero-order valence-corrected chi connectivity index (χ0v) is 17.8. The lowest BCUT2D eigenvalue weighted by atomic mass is 9.76. The van der Waals surface area contributed by atoms with Crippen LogP contribution in [-0.4, -0.2) is 37.4 Å². The van der Waals surface area contributed by atoms with Crippen molar-refractivity contribution in [3.63, 3.8) is 0 Å². The third-order valence-electron chi connectivity index (χ3n) is 5.86. The van der Waals surface area contributed by atoms with Crippen LogP contribution in [0, 0.1) is 17.8 Å². The van der Waals surface area contributed by atoms with Crippen molar-refractivity contribution in [1.82, 2.24) is 9.73 Å². The van der Waals surface area contributed by atoms with Crippen LogP contribution in [0.1, 0.15) is 63.2 Å². The first-order valence-electron chi connectivity index (χ1n) is 10.3. The van der Waals surface area contributed by atoms with Crippen LogP contribution in [0.2, 0.25) is 0 Å². The molecule has 0 unspecified atom stereocenters. The number of carbonyl (C=O) groups excluding carboxylic acids is 1. The van der Waals surface area contributed by atoms with Crippen LogP contribution in [0.25, 0.3) is 0 Å². The van der Waals surface area contributed by atoms with Gasteiger partial charge in [-0.25, -0.2) is 13.8 Å². The smallest absolute Gasteiger partial charge is 0.267 e. The van der Waals surface area contributed by atoms with Gasteiger partial charge in [-0.05, 0) is 62.1 Å². The van der Waals surface area contributed by atoms with Gasteiger partial charge in [-0.3, -0.25) is 4.79 Å². The highest BCUT2D eigenvalue weighted by molar-refractivity contribution is 7.89. The van der Waals surface area contributed by atoms with Gasteiger partial charge in [-0.15, -0.1) is 0 Å². The molecule has 1 saturated carbocycles. The van der Waals surface area contributed by atoms with Crippen LogP contribution in [0.15, 0.2) is 34.3 Å². The van der Waals surface area contributed by atoms with Crippen molar-refractivity contribution in [1.29, 1.82) is 0 Å². The number of hydrogen-bond donors (Lipinski definition) is 1. The molecule has 0 bridgehead atoms. The molecule has 154 valence electrons. The predicted molar refractivity (Wildman–Crippen MR) is 111 cm³/mol. The third-order valence-corrected chi connectivity index (χ3v) is 7.76. The van der Waals surface area contributed by atoms with Gasteiger partial charge in [0.25, 0.3) is 5.91 Å². The van der Waals surface area contributed by atoms with E-state index < -0.39 is 10.0 Å². The molecule has 0 radical (unpaired) electrons. The Balaban J connectivity index is 1.76. The maximum absolute atomic E-state index is 12.7. The Kier molecular flexibility index (Phi) is 6.55. The Morgan fingerprint density at radius 1 is 1.21 bits per heavy atom. The Labute approximate surface area is 168 Å². The lowest BCUT2D eigenvalue weighted by Gasteiger charge is -2.30. The summed E-state index contributed by atoms with van der Waals surface area (Å²) < 4.78 is 27.0. The summed E-state index contributed by atoms with van der Waals surface area (Å²) in [5.74, 6) is 1.07. The minimum Gasteiger partial charge on any atom is -0.267 e. The quantitative estimate of drug-likeness (QED) is 0.760. The van der Waals surface area contributed by atoms with E-state index in [0.29, 0.717) is 36.4 Å². The molecule has 1 aliphatic carbocycles. The highest BCUT2D eigenvalue weighted by Crippen LogP contribution is 2.31. The van der Waals surface area contributed by atoms with E-state index in [1.807, 2.05) is 0 Å². The largest absolute Gasteiger partial charge is 0.271 e. The number of rotatable bonds is 5. The van der Waals surface area contributed by atoms with Gasteiger partial charge >= 0.3 is 0 Å². The average molecular weight is 406 g/mol. The fraction of sp³-hybridized carbons (Fsp3) is 0.619. The zero-order valence-electron chi connectivity index (χ0n) is 17.0. The SMILES string of the molecule is CC(C)[C@H]1CC[C@H](C)CC1=NNC(=O)c1cccc(S(=O)(=O)N2CCCC2)c1. The molecule has 6 nitrogen and oxygen atoms in total. The van der Waals surface area contributed by atoms with Crippen LogP contribution in [-0.2, 0) is 10.0 Å². The summed E-state index contributed by atoms with van der Waals surface area (Å²) in [4.78, 5) is 12.8. The number of nitrogens with one attached hydrogen (secondary N) is 1. The summed E-state index contributed by atoms with van der Waals surface area (Å²) in [5, 5.41) is 4.44. The van der Waals surface area contributed by atoms with E-state index in [1.54, 1.807) is 18.2 Å². The minimum atomic E-state index is -3.54. The van der Waals surface area contributed by atoms with Crippen LogP contribution >= 0.6 is 0 Å². The number of benzene rings is 1. The molecule has 1 heterocycles. The van der Waals surface area contributed by atoms with Gasteiger partial charge in [-0.2, -0.15) is 9.41 Å². The molecule has 1 N–H and O–H groups in total. The van der Waals surface area contributed by atoms with Crippen molar-refractivity contribution >= 4 is 21.6 Å². The summed E-state index contributed by atoms with van der Waals surface area (Å²) >= 11 is 0. The maximum atomic E-state index is 12.7. The number of carbonyl (C=O) groups is 1. The Morgan fingerprint density at radius 2 is 1.93 bits per heavy atom. The van der Waals surface area contributed by atoms with Crippen molar-refractivity contribution < 1.29 is 13.2 Å². The van der Waals surface area contributed by atoms with E-state index >= 15 is 0 Å². The topological polar surface area (TPSA) is 78.8 Å². The molecule has 3 rings (SSSR count). The van der Waals surface area contributed by atoms with Crippen molar-refractivity contribution in [3.05, 3.63) is 29.8 Å². The van der Waals surface area contributed by atoms with Crippen molar-refractivity contribution in [2.24, 2.45) is 22.9 Å². The summed E-state index contributed by atoms with van der Waals surface area (Å²) in [5.41, 5.74) is 4.02. The second-order valence-corrected chi connectivity index (χ2v) is 10.4. The van der Waals surface area contributed by atoms with Gasteiger partial charge in [-0.1, -0.05) is 26.8 Å². The summed E-state index contributed by atoms with van der Waals surface area (Å²) in [7, 11) is -3.54. The first-order valence-corrected chi connectivity index (χ1v) is 11.7. The van der Waals surface area contributed by atoms with Crippen LogP contribution < -0.4 is 5.43 Å². The number of amides is 1. The minimum absolute atomic E-state index is 0.168. The highest BCUT2D eigenvalue weighted by atomic mass is 32.2. The molecule has 2 fully saturated rings. The van der Waals surface area contributed by atoms with E-state index in [9.17, 15) is 13.2 Å². The van der Waals surface area contributed by atoms with Gasteiger partial charge in [0, 0.05) is 30.3 Å². The molecular weight excluding hydrogens is 374 g/mol. The summed E-state index contributed by atoms with van der Waals surface area (Å²) in [6, 6.07) is 6.24. The second kappa shape index (κ2) is 8.74. The molecule has 1 saturated heterocycles. The predicted octanol–water partition coefficient (Wildman–Crippen LogP) is 3.65. The van der Waals surface area contributed by atoms with Gasteiger partial charge in [0.1, 0.15) is 0 Å². The van der Waals surface area contributed by atoms with Crippen LogP contribution in [0.4, 0.5) is 0 Å². The standard InChI is InChI=1S/C21H31N3O3S/c1-15(2)19-10-9-16(3)13-20(19)22-23-21(25)17-7-6-8-18(14-17)28(26,27)24-11-4-5-12-24/h6-8,14-16,19H,4-5,9-13H2,1-3H3,(H,23,25)/t16-,19+/m0/s1. The monoisotopic (exact) mass is 405 g/mol. The molecule has 1 amide bonds. The highest BCUT2D eigenvalue weighted by Gasteiger charge is 2.29. The Morgan fingerprint density at radius 3 is 2.61 bits per heavy atom. The molecule has 1 aromatic carbocycles. The fourth-order valence-corrected chi connectivity index (χ4v) is 5.71. The molecule has 0 spiro atoms. The van der Waals surface area contributed by atoms with Crippen molar-refractivity contribution in [3.8, 4) is 0 Å². The van der Waals surface area contributed by atoms with Crippen LogP contribution in [0.3, 0.4) is 0 Å². The Bertz CT molecular complexity index is 842. The van der Waals surface area contributed by atoms with Crippen LogP contribution in [0.5, 0.6) is 0 Å². The maximum Gasteiger partial charge on any atom is 0.271 e. The average Bonchev–Trinajstić information content (AvgIpc) is 3.21. The first-order chi connectivity index (χ1) is 13.3. The van der Waals surface area contributed by atoms with E-state index in [2.05, 4.69) is 31.3 Å². The normalized spacial score (nSPS) is 25.4. The molecule has 2 atom stereocenters. The number of nitrogens with zero attached hydrogens (tertiary/aromatic N) is 2. The first kappa shape index (κ1) is 21.0. The van der Waals surface area contributed by atoms with Crippen molar-refractivity contribution in [2.45, 2.75) is 57.8 Å². The summed E-state index contributed by atoms with van der Waals surface area (Å²) in [6.07, 6.45) is 4.94. The number of hydrazone groups is 1. The van der Waals surface area contributed by atoms with E-state index in [0.717, 1.165) is 31.4 Å².